The van der Waals surface area contributed by atoms with E-state index < -0.39 is 0 Å². The van der Waals surface area contributed by atoms with E-state index >= 15 is 0 Å². The Balaban J connectivity index is 1.29. The van der Waals surface area contributed by atoms with Gasteiger partial charge in [-0.15, -0.1) is 0 Å². The van der Waals surface area contributed by atoms with Crippen molar-refractivity contribution in [1.82, 2.24) is 9.88 Å². The lowest BCUT2D eigenvalue weighted by atomic mass is 10.1. The van der Waals surface area contributed by atoms with Gasteiger partial charge in [0.05, 0.1) is 31.9 Å². The van der Waals surface area contributed by atoms with Gasteiger partial charge in [-0.25, -0.2) is 0 Å². The maximum atomic E-state index is 13.4. The third-order valence-electron chi connectivity index (χ3n) is 6.01. The van der Waals surface area contributed by atoms with Crippen molar-refractivity contribution in [3.05, 3.63) is 83.7 Å². The van der Waals surface area contributed by atoms with Crippen LogP contribution >= 0.6 is 0 Å². The molecule has 7 nitrogen and oxygen atoms in total. The number of ether oxygens (including phenoxy) is 4. The predicted molar refractivity (Wildman–Crippen MR) is 126 cm³/mol. The van der Waals surface area contributed by atoms with Crippen LogP contribution in [0.2, 0.25) is 0 Å². The summed E-state index contributed by atoms with van der Waals surface area (Å²) in [5.41, 5.74) is 2.74. The van der Waals surface area contributed by atoms with Gasteiger partial charge in [0.2, 0.25) is 12.7 Å². The van der Waals surface area contributed by atoms with E-state index in [4.69, 9.17) is 18.9 Å². The van der Waals surface area contributed by atoms with Gasteiger partial charge < -0.3 is 23.8 Å². The zero-order valence-electron chi connectivity index (χ0n) is 19.0. The highest BCUT2D eigenvalue weighted by Gasteiger charge is 2.20. The summed E-state index contributed by atoms with van der Waals surface area (Å²) in [7, 11) is 0. The molecule has 0 N–H and O–H groups in total. The van der Waals surface area contributed by atoms with Crippen molar-refractivity contribution >= 4 is 5.91 Å². The summed E-state index contributed by atoms with van der Waals surface area (Å²) in [5.74, 6) is 2.65. The number of hydrogen-bond donors (Lipinski definition) is 0. The second-order valence-electron chi connectivity index (χ2n) is 8.62. The molecule has 1 saturated heterocycles. The second-order valence-corrected chi connectivity index (χ2v) is 8.62. The van der Waals surface area contributed by atoms with Crippen molar-refractivity contribution in [2.24, 2.45) is 5.92 Å². The van der Waals surface area contributed by atoms with E-state index in [2.05, 4.69) is 4.98 Å². The molecule has 0 radical (unpaired) electrons. The van der Waals surface area contributed by atoms with Crippen LogP contribution in [0.25, 0.3) is 0 Å². The fourth-order valence-corrected chi connectivity index (χ4v) is 4.14. The molecular weight excluding hydrogens is 432 g/mol. The molecule has 0 bridgehead atoms. The van der Waals surface area contributed by atoms with Crippen molar-refractivity contribution in [2.75, 3.05) is 26.6 Å². The Morgan fingerprint density at radius 1 is 1.00 bits per heavy atom. The molecule has 1 atom stereocenters. The Morgan fingerprint density at radius 3 is 2.79 bits per heavy atom. The van der Waals surface area contributed by atoms with Crippen molar-refractivity contribution < 1.29 is 23.7 Å². The van der Waals surface area contributed by atoms with Gasteiger partial charge in [0.15, 0.2) is 11.5 Å². The van der Waals surface area contributed by atoms with E-state index in [0.29, 0.717) is 37.1 Å². The Hall–Kier alpha value is -3.58. The molecule has 34 heavy (non-hydrogen) atoms. The van der Waals surface area contributed by atoms with Crippen molar-refractivity contribution in [3.8, 4) is 17.2 Å². The van der Waals surface area contributed by atoms with Gasteiger partial charge in [-0.3, -0.25) is 9.78 Å². The highest BCUT2D eigenvalue weighted by atomic mass is 16.7. The van der Waals surface area contributed by atoms with Crippen LogP contribution in [0.3, 0.4) is 0 Å². The summed E-state index contributed by atoms with van der Waals surface area (Å²) in [4.78, 5) is 19.6. The van der Waals surface area contributed by atoms with Crippen LogP contribution < -0.4 is 14.2 Å². The largest absolute Gasteiger partial charge is 0.493 e. The lowest BCUT2D eigenvalue weighted by Gasteiger charge is -2.23. The minimum absolute atomic E-state index is 0.0129. The first-order valence-corrected chi connectivity index (χ1v) is 11.6. The van der Waals surface area contributed by atoms with E-state index in [-0.39, 0.29) is 19.1 Å². The minimum Gasteiger partial charge on any atom is -0.493 e. The standard InChI is InChI=1S/C27H28N2O5/c30-27(14-20-7-8-25-26(13-20)34-19-33-25)29(16-23-5-1-2-10-28-23)15-21-4-3-6-24(12-21)32-18-22-9-11-31-17-22/h1-8,10,12-13,22H,9,11,14-19H2. The predicted octanol–water partition coefficient (Wildman–Crippen LogP) is 4.00. The summed E-state index contributed by atoms with van der Waals surface area (Å²) in [5, 5.41) is 0. The summed E-state index contributed by atoms with van der Waals surface area (Å²) in [6.45, 7) is 3.31. The summed E-state index contributed by atoms with van der Waals surface area (Å²) in [6.07, 6.45) is 3.05. The number of benzene rings is 2. The maximum Gasteiger partial charge on any atom is 0.231 e. The van der Waals surface area contributed by atoms with E-state index in [1.165, 1.54) is 0 Å². The summed E-state index contributed by atoms with van der Waals surface area (Å²) >= 11 is 0. The smallest absolute Gasteiger partial charge is 0.231 e. The number of amides is 1. The fraction of sp³-hybridized carbons (Fsp3) is 0.333. The molecule has 1 amide bonds. The van der Waals surface area contributed by atoms with E-state index in [0.717, 1.165) is 42.2 Å². The molecule has 3 aromatic rings. The van der Waals surface area contributed by atoms with Crippen molar-refractivity contribution in [2.45, 2.75) is 25.9 Å². The maximum absolute atomic E-state index is 13.4. The van der Waals surface area contributed by atoms with E-state index in [9.17, 15) is 4.79 Å². The van der Waals surface area contributed by atoms with Gasteiger partial charge in [-0.1, -0.05) is 24.3 Å². The van der Waals surface area contributed by atoms with Gasteiger partial charge in [0, 0.05) is 25.3 Å². The minimum atomic E-state index is 0.0129. The number of carbonyl (C=O) groups excluding carboxylic acids is 1. The molecule has 7 heteroatoms. The van der Waals surface area contributed by atoms with Crippen LogP contribution in [0.5, 0.6) is 17.2 Å². The SMILES string of the molecule is O=C(Cc1ccc2c(c1)OCO2)N(Cc1cccc(OCC2CCOC2)c1)Cc1ccccn1. The highest BCUT2D eigenvalue weighted by Crippen LogP contribution is 2.32. The van der Waals surface area contributed by atoms with Crippen LogP contribution in [0.15, 0.2) is 66.9 Å². The molecule has 2 aliphatic heterocycles. The molecule has 0 spiro atoms. The summed E-state index contributed by atoms with van der Waals surface area (Å²) in [6, 6.07) is 19.3. The van der Waals surface area contributed by atoms with Gasteiger partial charge in [0.1, 0.15) is 5.75 Å². The fourth-order valence-electron chi connectivity index (χ4n) is 4.14. The first-order chi connectivity index (χ1) is 16.7. The van der Waals surface area contributed by atoms with Gasteiger partial charge in [-0.2, -0.15) is 0 Å². The molecule has 1 aromatic heterocycles. The van der Waals surface area contributed by atoms with E-state index in [1.807, 2.05) is 65.6 Å². The molecule has 2 aliphatic rings. The Labute approximate surface area is 199 Å². The molecule has 1 unspecified atom stereocenters. The van der Waals surface area contributed by atoms with Crippen LogP contribution in [0.1, 0.15) is 23.2 Å². The quantitative estimate of drug-likeness (QED) is 0.481. The monoisotopic (exact) mass is 460 g/mol. The average Bonchev–Trinajstić information content (AvgIpc) is 3.55. The molecular formula is C27H28N2O5. The van der Waals surface area contributed by atoms with Crippen molar-refractivity contribution in [1.29, 1.82) is 0 Å². The van der Waals surface area contributed by atoms with Gasteiger partial charge in [-0.05, 0) is 53.9 Å². The number of fused-ring (bicyclic) bond motifs is 1. The molecule has 0 aliphatic carbocycles. The number of hydrogen-bond acceptors (Lipinski definition) is 6. The number of carbonyl (C=O) groups is 1. The molecule has 176 valence electrons. The molecule has 3 heterocycles. The zero-order chi connectivity index (χ0) is 23.2. The number of pyridine rings is 1. The van der Waals surface area contributed by atoms with Crippen LogP contribution in [0, 0.1) is 5.92 Å². The number of aromatic nitrogens is 1. The Kier molecular flexibility index (Phi) is 6.91. The topological polar surface area (TPSA) is 70.1 Å². The molecule has 0 saturated carbocycles. The average molecular weight is 461 g/mol. The van der Waals surface area contributed by atoms with Crippen LogP contribution in [-0.2, 0) is 29.0 Å². The first kappa shape index (κ1) is 22.2. The number of rotatable bonds is 9. The Morgan fingerprint density at radius 2 is 1.94 bits per heavy atom. The molecule has 1 fully saturated rings. The molecule has 5 rings (SSSR count). The lowest BCUT2D eigenvalue weighted by Crippen LogP contribution is -2.31. The first-order valence-electron chi connectivity index (χ1n) is 11.6. The normalized spacial score (nSPS) is 16.4. The Bertz CT molecular complexity index is 1120. The van der Waals surface area contributed by atoms with Gasteiger partial charge >= 0.3 is 0 Å². The summed E-state index contributed by atoms with van der Waals surface area (Å²) < 4.78 is 22.3. The number of nitrogens with zero attached hydrogens (tertiary/aromatic N) is 2. The van der Waals surface area contributed by atoms with Crippen molar-refractivity contribution in [3.63, 3.8) is 0 Å². The van der Waals surface area contributed by atoms with Crippen LogP contribution in [0.4, 0.5) is 0 Å². The second kappa shape index (κ2) is 10.6. The lowest BCUT2D eigenvalue weighted by molar-refractivity contribution is -0.131. The third-order valence-corrected chi connectivity index (χ3v) is 6.01. The zero-order valence-corrected chi connectivity index (χ0v) is 19.0. The third kappa shape index (κ3) is 5.66. The molecule has 2 aromatic carbocycles. The van der Waals surface area contributed by atoms with Crippen LogP contribution in [-0.4, -0.2) is 42.4 Å². The van der Waals surface area contributed by atoms with Gasteiger partial charge in [0.25, 0.3) is 0 Å². The van der Waals surface area contributed by atoms with E-state index in [1.54, 1.807) is 6.20 Å². The highest BCUT2D eigenvalue weighted by molar-refractivity contribution is 5.79.